The minimum absolute atomic E-state index is 0.0399. The fourth-order valence-electron chi connectivity index (χ4n) is 4.28. The van der Waals surface area contributed by atoms with E-state index in [4.69, 9.17) is 4.74 Å². The lowest BCUT2D eigenvalue weighted by atomic mass is 9.99. The maximum atomic E-state index is 13.6. The lowest BCUT2D eigenvalue weighted by Gasteiger charge is -2.37. The van der Waals surface area contributed by atoms with Gasteiger partial charge in [0.05, 0.1) is 12.6 Å². The molecule has 1 aromatic carbocycles. The normalized spacial score (nSPS) is 19.2. The maximum Gasteiger partial charge on any atom is 0.259 e. The summed E-state index contributed by atoms with van der Waals surface area (Å²) in [4.78, 5) is 26.3. The molecule has 2 aromatic heterocycles. The molecule has 0 spiro atoms. The molecule has 4 rings (SSSR count). The van der Waals surface area contributed by atoms with Crippen molar-refractivity contribution >= 4 is 5.91 Å². The van der Waals surface area contributed by atoms with E-state index in [2.05, 4.69) is 27.9 Å². The molecule has 1 amide bonds. The van der Waals surface area contributed by atoms with Crippen LogP contribution in [-0.2, 0) is 6.54 Å². The van der Waals surface area contributed by atoms with E-state index in [1.54, 1.807) is 17.3 Å². The molecule has 0 radical (unpaired) electrons. The van der Waals surface area contributed by atoms with E-state index in [-0.39, 0.29) is 30.6 Å². The summed E-state index contributed by atoms with van der Waals surface area (Å²) in [7, 11) is 2.05. The molecule has 1 aliphatic heterocycles. The third kappa shape index (κ3) is 5.43. The molecule has 7 nitrogen and oxygen atoms in total. The van der Waals surface area contributed by atoms with Crippen LogP contribution in [0.4, 0.5) is 0 Å². The lowest BCUT2D eigenvalue weighted by molar-refractivity contribution is 0.0325. The number of aliphatic hydroxyl groups excluding tert-OH is 1. The van der Waals surface area contributed by atoms with E-state index in [9.17, 15) is 9.90 Å². The van der Waals surface area contributed by atoms with Crippen molar-refractivity contribution in [1.82, 2.24) is 19.8 Å². The van der Waals surface area contributed by atoms with E-state index >= 15 is 0 Å². The second-order valence-electron chi connectivity index (χ2n) is 9.12. The molecule has 1 N–H and O–H groups in total. The molecule has 0 unspecified atom stereocenters. The van der Waals surface area contributed by atoms with Gasteiger partial charge in [-0.1, -0.05) is 43.3 Å². The first-order chi connectivity index (χ1) is 16.5. The molecule has 7 heteroatoms. The van der Waals surface area contributed by atoms with Gasteiger partial charge in [-0.25, -0.2) is 4.98 Å². The van der Waals surface area contributed by atoms with Crippen LogP contribution >= 0.6 is 0 Å². The standard InChI is InChI=1S/C27H32N4O3/c1-19-15-31(20(2)18-32)27(33)24-12-23(22-9-5-4-6-10-22)14-29-26(24)34-25(19)17-30(3)16-21-8-7-11-28-13-21/h4-14,19-20,25,32H,15-18H2,1-3H3/t19-,20+,25+/m1/s1. The smallest absolute Gasteiger partial charge is 0.259 e. The molecule has 178 valence electrons. The first-order valence-corrected chi connectivity index (χ1v) is 11.7. The van der Waals surface area contributed by atoms with E-state index in [1.165, 1.54) is 0 Å². The number of carbonyl (C=O) groups excluding carboxylic acids is 1. The van der Waals surface area contributed by atoms with Crippen LogP contribution in [0.2, 0.25) is 0 Å². The van der Waals surface area contributed by atoms with Gasteiger partial charge < -0.3 is 14.7 Å². The van der Waals surface area contributed by atoms with Crippen LogP contribution < -0.4 is 4.74 Å². The number of hydrogen-bond acceptors (Lipinski definition) is 6. The molecule has 0 aliphatic carbocycles. The number of pyridine rings is 2. The first-order valence-electron chi connectivity index (χ1n) is 11.7. The SMILES string of the molecule is C[C@@H]1CN([C@@H](C)CO)C(=O)c2cc(-c3ccccc3)cnc2O[C@H]1CN(C)Cc1cccnc1. The second-order valence-corrected chi connectivity index (χ2v) is 9.12. The molecule has 34 heavy (non-hydrogen) atoms. The number of ether oxygens (including phenoxy) is 1. The molecule has 3 heterocycles. The van der Waals surface area contributed by atoms with Gasteiger partial charge in [0.25, 0.3) is 5.91 Å². The lowest BCUT2D eigenvalue weighted by Crippen LogP contribution is -2.49. The number of amides is 1. The highest BCUT2D eigenvalue weighted by Crippen LogP contribution is 2.30. The number of benzene rings is 1. The summed E-state index contributed by atoms with van der Waals surface area (Å²) in [6.07, 6.45) is 5.20. The molecule has 0 fully saturated rings. The van der Waals surface area contributed by atoms with Gasteiger partial charge in [-0.15, -0.1) is 0 Å². The summed E-state index contributed by atoms with van der Waals surface area (Å²) < 4.78 is 6.40. The molecular weight excluding hydrogens is 428 g/mol. The summed E-state index contributed by atoms with van der Waals surface area (Å²) in [6, 6.07) is 15.4. The van der Waals surface area contributed by atoms with Gasteiger partial charge in [0.15, 0.2) is 0 Å². The van der Waals surface area contributed by atoms with Crippen LogP contribution in [0.1, 0.15) is 29.8 Å². The number of hydrogen-bond donors (Lipinski definition) is 1. The maximum absolute atomic E-state index is 13.6. The Labute approximate surface area is 201 Å². The van der Waals surface area contributed by atoms with Crippen LogP contribution in [0.3, 0.4) is 0 Å². The Kier molecular flexibility index (Phi) is 7.55. The molecule has 0 saturated heterocycles. The summed E-state index contributed by atoms with van der Waals surface area (Å²) in [6.45, 7) is 5.73. The molecule has 0 bridgehead atoms. The average molecular weight is 461 g/mol. The number of nitrogens with zero attached hydrogens (tertiary/aromatic N) is 4. The van der Waals surface area contributed by atoms with Crippen molar-refractivity contribution in [3.05, 3.63) is 78.2 Å². The Morgan fingerprint density at radius 1 is 1.18 bits per heavy atom. The van der Waals surface area contributed by atoms with Gasteiger partial charge >= 0.3 is 0 Å². The predicted octanol–water partition coefficient (Wildman–Crippen LogP) is 3.50. The molecule has 3 atom stereocenters. The van der Waals surface area contributed by atoms with Crippen LogP contribution in [0, 0.1) is 5.92 Å². The highest BCUT2D eigenvalue weighted by molar-refractivity contribution is 5.98. The monoisotopic (exact) mass is 460 g/mol. The number of aromatic nitrogens is 2. The van der Waals surface area contributed by atoms with E-state index in [0.29, 0.717) is 24.5 Å². The van der Waals surface area contributed by atoms with Crippen LogP contribution in [-0.4, -0.2) is 69.7 Å². The Bertz CT molecular complexity index is 1090. The van der Waals surface area contributed by atoms with Crippen LogP contribution in [0.25, 0.3) is 11.1 Å². The van der Waals surface area contributed by atoms with E-state index in [0.717, 1.165) is 23.2 Å². The van der Waals surface area contributed by atoms with Crippen molar-refractivity contribution in [3.63, 3.8) is 0 Å². The molecule has 1 aliphatic rings. The van der Waals surface area contributed by atoms with Crippen molar-refractivity contribution in [3.8, 4) is 17.0 Å². The highest BCUT2D eigenvalue weighted by Gasteiger charge is 2.34. The first kappa shape index (κ1) is 23.9. The van der Waals surface area contributed by atoms with Crippen molar-refractivity contribution in [2.24, 2.45) is 5.92 Å². The number of aliphatic hydroxyl groups is 1. The quantitative estimate of drug-likeness (QED) is 0.582. The van der Waals surface area contributed by atoms with E-state index in [1.807, 2.05) is 62.6 Å². The molecule has 3 aromatic rings. The Morgan fingerprint density at radius 3 is 2.68 bits per heavy atom. The number of carbonyl (C=O) groups is 1. The van der Waals surface area contributed by atoms with Crippen molar-refractivity contribution in [1.29, 1.82) is 0 Å². The molecule has 0 saturated carbocycles. The minimum Gasteiger partial charge on any atom is -0.472 e. The average Bonchev–Trinajstić information content (AvgIpc) is 2.86. The van der Waals surface area contributed by atoms with Gasteiger partial charge in [0.2, 0.25) is 5.88 Å². The van der Waals surface area contributed by atoms with Crippen LogP contribution in [0.5, 0.6) is 5.88 Å². The van der Waals surface area contributed by atoms with Crippen molar-refractivity contribution < 1.29 is 14.6 Å². The fraction of sp³-hybridized carbons (Fsp3) is 0.370. The largest absolute Gasteiger partial charge is 0.472 e. The summed E-state index contributed by atoms with van der Waals surface area (Å²) in [5.74, 6) is 0.208. The number of likely N-dealkylation sites (N-methyl/N-ethyl adjacent to an activating group) is 1. The van der Waals surface area contributed by atoms with Crippen molar-refractivity contribution in [2.75, 3.05) is 26.7 Å². The summed E-state index contributed by atoms with van der Waals surface area (Å²) in [5, 5.41) is 9.85. The van der Waals surface area contributed by atoms with Crippen molar-refractivity contribution in [2.45, 2.75) is 32.5 Å². The minimum atomic E-state index is -0.310. The zero-order valence-corrected chi connectivity index (χ0v) is 20.0. The zero-order chi connectivity index (χ0) is 24.1. The third-order valence-electron chi connectivity index (χ3n) is 6.30. The summed E-state index contributed by atoms with van der Waals surface area (Å²) >= 11 is 0. The predicted molar refractivity (Wildman–Crippen MR) is 131 cm³/mol. The Morgan fingerprint density at radius 2 is 1.97 bits per heavy atom. The number of rotatable bonds is 7. The second kappa shape index (κ2) is 10.8. The molecular formula is C27H32N4O3. The highest BCUT2D eigenvalue weighted by atomic mass is 16.5. The zero-order valence-electron chi connectivity index (χ0n) is 20.0. The van der Waals surface area contributed by atoms with Gasteiger partial charge in [0, 0.05) is 49.7 Å². The topological polar surface area (TPSA) is 78.8 Å². The van der Waals surface area contributed by atoms with Crippen LogP contribution in [0.15, 0.2) is 67.1 Å². The third-order valence-corrected chi connectivity index (χ3v) is 6.30. The summed E-state index contributed by atoms with van der Waals surface area (Å²) in [5.41, 5.74) is 3.39. The van der Waals surface area contributed by atoms with Gasteiger partial charge in [-0.2, -0.15) is 0 Å². The Hall–Kier alpha value is -3.29. The van der Waals surface area contributed by atoms with Gasteiger partial charge in [-0.05, 0) is 37.2 Å². The Balaban J connectivity index is 1.65. The van der Waals surface area contributed by atoms with E-state index < -0.39 is 0 Å². The van der Waals surface area contributed by atoms with Gasteiger partial charge in [0.1, 0.15) is 11.7 Å². The number of fused-ring (bicyclic) bond motifs is 1. The fourth-order valence-corrected chi connectivity index (χ4v) is 4.28. The van der Waals surface area contributed by atoms with Gasteiger partial charge in [-0.3, -0.25) is 14.7 Å².